The van der Waals surface area contributed by atoms with Crippen LogP contribution in [0.4, 0.5) is 0 Å². The second kappa shape index (κ2) is 14.5. The van der Waals surface area contributed by atoms with Gasteiger partial charge < -0.3 is 19.7 Å². The molecule has 4 aromatic rings. The van der Waals surface area contributed by atoms with E-state index in [-0.39, 0.29) is 30.9 Å². The van der Waals surface area contributed by atoms with Gasteiger partial charge in [-0.25, -0.2) is 15.0 Å². The molecule has 0 unspecified atom stereocenters. The van der Waals surface area contributed by atoms with Crippen LogP contribution in [0.3, 0.4) is 0 Å². The highest BCUT2D eigenvalue weighted by Gasteiger charge is 2.26. The number of nitrogens with zero attached hydrogens (tertiary/aromatic N) is 3. The van der Waals surface area contributed by atoms with Crippen molar-refractivity contribution in [2.24, 2.45) is 11.8 Å². The molecule has 0 bridgehead atoms. The Bertz CT molecular complexity index is 1660. The van der Waals surface area contributed by atoms with Crippen LogP contribution in [-0.4, -0.2) is 50.3 Å². The monoisotopic (exact) mass is 623 g/mol. The lowest BCUT2D eigenvalue weighted by atomic mass is 9.80. The van der Waals surface area contributed by atoms with Crippen LogP contribution in [0.2, 0.25) is 0 Å². The maximum atomic E-state index is 12.2. The number of hydrogen-bond donors (Lipinski definition) is 2. The fourth-order valence-corrected chi connectivity index (χ4v) is 6.06. The Balaban J connectivity index is 1.24. The number of phenols is 1. The number of carboxylic acids is 1. The maximum absolute atomic E-state index is 12.2. The molecule has 9 nitrogen and oxygen atoms in total. The molecule has 0 spiro atoms. The minimum absolute atomic E-state index is 0.0449. The number of ether oxygens (including phenoxy) is 2. The highest BCUT2D eigenvalue weighted by atomic mass is 16.6. The zero-order valence-electron chi connectivity index (χ0n) is 26.9. The smallest absolute Gasteiger partial charge is 0.306 e. The summed E-state index contributed by atoms with van der Waals surface area (Å²) in [6.07, 6.45) is 4.01. The van der Waals surface area contributed by atoms with Gasteiger partial charge in [0.05, 0.1) is 11.5 Å². The van der Waals surface area contributed by atoms with Crippen molar-refractivity contribution >= 4 is 11.9 Å². The molecule has 1 saturated carbocycles. The normalized spacial score (nSPS) is 16.2. The molecular weight excluding hydrogens is 582 g/mol. The number of rotatable bonds is 11. The molecule has 0 amide bonds. The van der Waals surface area contributed by atoms with E-state index in [9.17, 15) is 14.7 Å². The summed E-state index contributed by atoms with van der Waals surface area (Å²) < 4.78 is 11.1. The third kappa shape index (κ3) is 8.07. The number of esters is 1. The van der Waals surface area contributed by atoms with E-state index >= 15 is 0 Å². The van der Waals surface area contributed by atoms with E-state index in [0.29, 0.717) is 60.4 Å². The van der Waals surface area contributed by atoms with Gasteiger partial charge in [0.15, 0.2) is 17.5 Å². The first-order valence-electron chi connectivity index (χ1n) is 15.8. The van der Waals surface area contributed by atoms with E-state index < -0.39 is 5.97 Å². The minimum Gasteiger partial charge on any atom is -0.507 e. The van der Waals surface area contributed by atoms with Gasteiger partial charge in [-0.05, 0) is 89.0 Å². The topological polar surface area (TPSA) is 132 Å². The summed E-state index contributed by atoms with van der Waals surface area (Å²) in [5.74, 6) is 0.842. The Morgan fingerprint density at radius 2 is 1.28 bits per heavy atom. The lowest BCUT2D eigenvalue weighted by Gasteiger charge is -2.25. The van der Waals surface area contributed by atoms with Crippen molar-refractivity contribution in [1.29, 1.82) is 0 Å². The number of carbonyl (C=O) groups excluding carboxylic acids is 1. The first kappa shape index (κ1) is 32.6. The van der Waals surface area contributed by atoms with Crippen molar-refractivity contribution in [2.75, 3.05) is 13.2 Å². The average Bonchev–Trinajstić information content (AvgIpc) is 3.02. The van der Waals surface area contributed by atoms with Gasteiger partial charge >= 0.3 is 11.9 Å². The molecule has 46 heavy (non-hydrogen) atoms. The van der Waals surface area contributed by atoms with E-state index in [2.05, 4.69) is 12.1 Å². The van der Waals surface area contributed by atoms with E-state index in [0.717, 1.165) is 46.2 Å². The van der Waals surface area contributed by atoms with Crippen molar-refractivity contribution < 1.29 is 29.3 Å². The highest BCUT2D eigenvalue weighted by Crippen LogP contribution is 2.34. The standard InChI is InChI=1S/C37H41N3O6/c1-22-5-13-29(24(3)19-22)34-38-35(30-14-6-23(2)20-25(30)4)40-36(39-34)31-15-12-28(21-32(31)41)45-17-18-46-33(42)16-9-26-7-10-27(11-8-26)37(43)44/h5-6,12-15,19-21,26-27,41H,7-11,16-18H2,1-4H3,(H,43,44). The Labute approximate surface area is 269 Å². The summed E-state index contributed by atoms with van der Waals surface area (Å²) in [4.78, 5) is 37.8. The lowest BCUT2D eigenvalue weighted by molar-refractivity contribution is -0.146. The second-order valence-corrected chi connectivity index (χ2v) is 12.3. The van der Waals surface area contributed by atoms with E-state index in [1.54, 1.807) is 12.1 Å². The number of aromatic nitrogens is 3. The number of aliphatic carboxylic acids is 1. The largest absolute Gasteiger partial charge is 0.507 e. The number of aromatic hydroxyl groups is 1. The first-order valence-corrected chi connectivity index (χ1v) is 15.8. The van der Waals surface area contributed by atoms with Crippen LogP contribution in [0.5, 0.6) is 11.5 Å². The number of phenolic OH excluding ortho intramolecular Hbond substituents is 1. The molecule has 2 N–H and O–H groups in total. The number of aryl methyl sites for hydroxylation is 4. The third-order valence-corrected chi connectivity index (χ3v) is 8.66. The summed E-state index contributed by atoms with van der Waals surface area (Å²) in [6.45, 7) is 8.35. The van der Waals surface area contributed by atoms with Gasteiger partial charge in [0.1, 0.15) is 24.7 Å². The zero-order valence-corrected chi connectivity index (χ0v) is 26.9. The number of hydrogen-bond acceptors (Lipinski definition) is 8. The molecule has 0 radical (unpaired) electrons. The van der Waals surface area contributed by atoms with Crippen LogP contribution in [-0.2, 0) is 14.3 Å². The van der Waals surface area contributed by atoms with Gasteiger partial charge in [-0.15, -0.1) is 0 Å². The molecule has 240 valence electrons. The van der Waals surface area contributed by atoms with Crippen LogP contribution in [0.15, 0.2) is 54.6 Å². The number of benzene rings is 3. The van der Waals surface area contributed by atoms with Crippen molar-refractivity contribution in [2.45, 2.75) is 66.2 Å². The second-order valence-electron chi connectivity index (χ2n) is 12.3. The van der Waals surface area contributed by atoms with E-state index in [1.165, 1.54) is 6.07 Å². The van der Waals surface area contributed by atoms with Crippen molar-refractivity contribution in [3.63, 3.8) is 0 Å². The van der Waals surface area contributed by atoms with Gasteiger partial charge in [0, 0.05) is 23.6 Å². The van der Waals surface area contributed by atoms with Crippen LogP contribution >= 0.6 is 0 Å². The molecule has 1 heterocycles. The fourth-order valence-electron chi connectivity index (χ4n) is 6.06. The van der Waals surface area contributed by atoms with Gasteiger partial charge in [0.2, 0.25) is 0 Å². The van der Waals surface area contributed by atoms with Gasteiger partial charge in [0.25, 0.3) is 0 Å². The van der Waals surface area contributed by atoms with Gasteiger partial charge in [-0.1, -0.05) is 47.5 Å². The molecule has 1 aliphatic rings. The zero-order chi connectivity index (χ0) is 32.8. The Morgan fingerprint density at radius 1 is 0.739 bits per heavy atom. The minimum atomic E-state index is -0.726. The number of carbonyl (C=O) groups is 2. The lowest BCUT2D eigenvalue weighted by Crippen LogP contribution is -2.22. The molecule has 0 aliphatic heterocycles. The first-order chi connectivity index (χ1) is 22.1. The third-order valence-electron chi connectivity index (χ3n) is 8.66. The summed E-state index contributed by atoms with van der Waals surface area (Å²) >= 11 is 0. The van der Waals surface area contributed by atoms with Gasteiger partial charge in [-0.2, -0.15) is 0 Å². The summed E-state index contributed by atoms with van der Waals surface area (Å²) in [7, 11) is 0. The van der Waals surface area contributed by atoms with Crippen LogP contribution in [0.25, 0.3) is 34.2 Å². The van der Waals surface area contributed by atoms with E-state index in [1.807, 2.05) is 52.0 Å². The predicted molar refractivity (Wildman–Crippen MR) is 176 cm³/mol. The van der Waals surface area contributed by atoms with Crippen molar-refractivity contribution in [3.05, 3.63) is 76.9 Å². The Morgan fingerprint density at radius 3 is 1.80 bits per heavy atom. The number of carboxylic acid groups (broad SMARTS) is 1. The molecule has 5 rings (SSSR count). The molecule has 3 aromatic carbocycles. The Hall–Kier alpha value is -4.79. The summed E-state index contributed by atoms with van der Waals surface area (Å²) in [5, 5.41) is 20.2. The quantitative estimate of drug-likeness (QED) is 0.129. The molecule has 9 heteroatoms. The maximum Gasteiger partial charge on any atom is 0.306 e. The predicted octanol–water partition coefficient (Wildman–Crippen LogP) is 7.41. The molecule has 1 aliphatic carbocycles. The van der Waals surface area contributed by atoms with E-state index in [4.69, 9.17) is 29.5 Å². The highest BCUT2D eigenvalue weighted by molar-refractivity contribution is 5.73. The van der Waals surface area contributed by atoms with Crippen LogP contribution in [0.1, 0.15) is 60.8 Å². The molecule has 1 aromatic heterocycles. The van der Waals surface area contributed by atoms with Crippen LogP contribution < -0.4 is 4.74 Å². The average molecular weight is 624 g/mol. The molecule has 0 atom stereocenters. The summed E-state index contributed by atoms with van der Waals surface area (Å²) in [6, 6.07) is 17.2. The summed E-state index contributed by atoms with van der Waals surface area (Å²) in [5.41, 5.74) is 6.59. The fraction of sp³-hybridized carbons (Fsp3) is 0.378. The molecule has 0 saturated heterocycles. The van der Waals surface area contributed by atoms with Crippen molar-refractivity contribution in [3.8, 4) is 45.7 Å². The molecular formula is C37H41N3O6. The Kier molecular flexibility index (Phi) is 10.3. The van der Waals surface area contributed by atoms with Crippen molar-refractivity contribution in [1.82, 2.24) is 15.0 Å². The van der Waals surface area contributed by atoms with Crippen LogP contribution in [0, 0.1) is 39.5 Å². The molecule has 1 fully saturated rings. The van der Waals surface area contributed by atoms with Gasteiger partial charge in [-0.3, -0.25) is 9.59 Å². The SMILES string of the molecule is Cc1ccc(-c2nc(-c3ccc(C)cc3C)nc(-c3ccc(OCCOC(=O)CCC4CCC(C(=O)O)CC4)cc3O)n2)c(C)c1.